The second-order valence-corrected chi connectivity index (χ2v) is 5.26. The van der Waals surface area contributed by atoms with E-state index in [9.17, 15) is 4.79 Å². The van der Waals surface area contributed by atoms with Gasteiger partial charge in [-0.05, 0) is 50.1 Å². The van der Waals surface area contributed by atoms with Gasteiger partial charge in [0.25, 0.3) is 0 Å². The van der Waals surface area contributed by atoms with Crippen LogP contribution in [0.4, 0.5) is 0 Å². The fraction of sp³-hybridized carbons (Fsp3) is 0.267. The van der Waals surface area contributed by atoms with Crippen molar-refractivity contribution < 1.29 is 13.9 Å². The lowest BCUT2D eigenvalue weighted by Gasteiger charge is -2.12. The molecule has 0 aliphatic rings. The highest BCUT2D eigenvalue weighted by Gasteiger charge is 2.14. The molecule has 5 nitrogen and oxygen atoms in total. The van der Waals surface area contributed by atoms with Crippen molar-refractivity contribution in [3.8, 4) is 5.75 Å². The Morgan fingerprint density at radius 2 is 1.90 bits per heavy atom. The van der Waals surface area contributed by atoms with Crippen LogP contribution in [-0.4, -0.2) is 5.91 Å². The number of carbonyl (C=O) groups excluding carboxylic acids is 1. The van der Waals surface area contributed by atoms with Gasteiger partial charge in [0, 0.05) is 10.6 Å². The third kappa shape index (κ3) is 3.37. The van der Waals surface area contributed by atoms with Crippen molar-refractivity contribution in [2.45, 2.75) is 27.4 Å². The molecule has 0 atom stereocenters. The molecule has 0 aliphatic heterocycles. The summed E-state index contributed by atoms with van der Waals surface area (Å²) in [5.41, 5.74) is 4.74. The van der Waals surface area contributed by atoms with Crippen LogP contribution in [0.15, 0.2) is 22.6 Å². The topological polar surface area (TPSA) is 77.5 Å². The monoisotopic (exact) mass is 308 g/mol. The number of carbonyl (C=O) groups is 1. The van der Waals surface area contributed by atoms with Crippen LogP contribution in [0, 0.1) is 20.8 Å². The Kier molecular flexibility index (Phi) is 4.55. The number of nitrogens with one attached hydrogen (secondary N) is 1. The number of furan rings is 1. The van der Waals surface area contributed by atoms with E-state index in [2.05, 4.69) is 0 Å². The molecule has 1 aromatic heterocycles. The Hall–Kier alpha value is -1.98. The molecular weight excluding hydrogens is 292 g/mol. The molecule has 3 N–H and O–H groups in total. The third-order valence-electron chi connectivity index (χ3n) is 3.17. The number of aryl methyl sites for hydroxylation is 3. The molecular formula is C15H17ClN2O3. The molecule has 0 saturated heterocycles. The van der Waals surface area contributed by atoms with Gasteiger partial charge >= 0.3 is 5.91 Å². The SMILES string of the molecule is Cc1cc(Cl)cc(C)c1OCc1cc(C(=O)NN)oc1C. The second-order valence-electron chi connectivity index (χ2n) is 4.82. The molecule has 6 heteroatoms. The number of rotatable bonds is 4. The standard InChI is InChI=1S/C15H17ClN2O3/c1-8-4-12(16)5-9(2)14(8)20-7-11-6-13(15(19)18-17)21-10(11)3/h4-6H,7,17H2,1-3H3,(H,18,19). The average Bonchev–Trinajstić information content (AvgIpc) is 2.78. The van der Waals surface area contributed by atoms with Gasteiger partial charge in [-0.25, -0.2) is 5.84 Å². The predicted molar refractivity (Wildman–Crippen MR) is 80.4 cm³/mol. The van der Waals surface area contributed by atoms with Gasteiger partial charge in [-0.1, -0.05) is 11.6 Å². The zero-order valence-electron chi connectivity index (χ0n) is 12.1. The van der Waals surface area contributed by atoms with E-state index in [4.69, 9.17) is 26.6 Å². The summed E-state index contributed by atoms with van der Waals surface area (Å²) in [5, 5.41) is 0.679. The van der Waals surface area contributed by atoms with Crippen LogP contribution in [0.2, 0.25) is 5.02 Å². The smallest absolute Gasteiger partial charge is 0.300 e. The van der Waals surface area contributed by atoms with E-state index in [0.717, 1.165) is 22.4 Å². The first-order chi connectivity index (χ1) is 9.92. The van der Waals surface area contributed by atoms with E-state index < -0.39 is 5.91 Å². The summed E-state index contributed by atoms with van der Waals surface area (Å²) in [4.78, 5) is 11.4. The van der Waals surface area contributed by atoms with E-state index in [1.165, 1.54) is 0 Å². The summed E-state index contributed by atoms with van der Waals surface area (Å²) in [6.45, 7) is 5.94. The number of nitrogen functional groups attached to an aromatic ring is 1. The van der Waals surface area contributed by atoms with Crippen molar-refractivity contribution in [1.29, 1.82) is 0 Å². The maximum atomic E-state index is 11.4. The zero-order chi connectivity index (χ0) is 15.6. The summed E-state index contributed by atoms with van der Waals surface area (Å²) >= 11 is 5.99. The highest BCUT2D eigenvalue weighted by atomic mass is 35.5. The van der Waals surface area contributed by atoms with Crippen molar-refractivity contribution >= 4 is 17.5 Å². The van der Waals surface area contributed by atoms with Crippen molar-refractivity contribution in [1.82, 2.24) is 5.43 Å². The molecule has 0 bridgehead atoms. The highest BCUT2D eigenvalue weighted by Crippen LogP contribution is 2.28. The minimum atomic E-state index is -0.469. The van der Waals surface area contributed by atoms with Crippen LogP contribution in [0.25, 0.3) is 0 Å². The Balaban J connectivity index is 2.17. The van der Waals surface area contributed by atoms with Gasteiger partial charge < -0.3 is 9.15 Å². The molecule has 112 valence electrons. The largest absolute Gasteiger partial charge is 0.488 e. The normalized spacial score (nSPS) is 10.5. The quantitative estimate of drug-likeness (QED) is 0.517. The third-order valence-corrected chi connectivity index (χ3v) is 3.39. The van der Waals surface area contributed by atoms with Crippen LogP contribution in [-0.2, 0) is 6.61 Å². The molecule has 1 amide bonds. The first-order valence-electron chi connectivity index (χ1n) is 6.42. The lowest BCUT2D eigenvalue weighted by molar-refractivity contribution is 0.0924. The summed E-state index contributed by atoms with van der Waals surface area (Å²) < 4.78 is 11.2. The van der Waals surface area contributed by atoms with Crippen molar-refractivity contribution in [2.24, 2.45) is 5.84 Å². The fourth-order valence-corrected chi connectivity index (χ4v) is 2.45. The molecule has 0 spiro atoms. The summed E-state index contributed by atoms with van der Waals surface area (Å²) in [6.07, 6.45) is 0. The van der Waals surface area contributed by atoms with Crippen LogP contribution in [0.5, 0.6) is 5.75 Å². The Labute approximate surface area is 128 Å². The highest BCUT2D eigenvalue weighted by molar-refractivity contribution is 6.30. The van der Waals surface area contributed by atoms with Crippen molar-refractivity contribution in [3.63, 3.8) is 0 Å². The van der Waals surface area contributed by atoms with E-state index >= 15 is 0 Å². The molecule has 21 heavy (non-hydrogen) atoms. The minimum Gasteiger partial charge on any atom is -0.488 e. The number of hydrogen-bond donors (Lipinski definition) is 2. The molecule has 2 rings (SSSR count). The number of benzene rings is 1. The van der Waals surface area contributed by atoms with Crippen molar-refractivity contribution in [3.05, 3.63) is 51.4 Å². The lowest BCUT2D eigenvalue weighted by atomic mass is 10.1. The maximum Gasteiger partial charge on any atom is 0.300 e. The van der Waals surface area contributed by atoms with E-state index in [1.54, 1.807) is 13.0 Å². The molecule has 0 unspecified atom stereocenters. The summed E-state index contributed by atoms with van der Waals surface area (Å²) in [5.74, 6) is 6.18. The fourth-order valence-electron chi connectivity index (χ4n) is 2.12. The van der Waals surface area contributed by atoms with Gasteiger partial charge in [0.05, 0.1) is 0 Å². The van der Waals surface area contributed by atoms with E-state index in [0.29, 0.717) is 17.4 Å². The second kappa shape index (κ2) is 6.20. The maximum absolute atomic E-state index is 11.4. The van der Waals surface area contributed by atoms with E-state index in [1.807, 2.05) is 31.4 Å². The van der Waals surface area contributed by atoms with Crippen molar-refractivity contribution in [2.75, 3.05) is 0 Å². The molecule has 2 aromatic rings. The number of hydrogen-bond acceptors (Lipinski definition) is 4. The van der Waals surface area contributed by atoms with Gasteiger partial charge in [0.1, 0.15) is 18.1 Å². The number of amides is 1. The van der Waals surface area contributed by atoms with Gasteiger partial charge in [-0.15, -0.1) is 0 Å². The van der Waals surface area contributed by atoms with Gasteiger partial charge in [0.15, 0.2) is 5.76 Å². The molecule has 1 aromatic carbocycles. The van der Waals surface area contributed by atoms with E-state index in [-0.39, 0.29) is 5.76 Å². The van der Waals surface area contributed by atoms with Crippen LogP contribution in [0.3, 0.4) is 0 Å². The average molecular weight is 309 g/mol. The van der Waals surface area contributed by atoms with Gasteiger partial charge in [0.2, 0.25) is 0 Å². The number of nitrogens with two attached hydrogens (primary N) is 1. The van der Waals surface area contributed by atoms with Crippen LogP contribution < -0.4 is 16.0 Å². The predicted octanol–water partition coefficient (Wildman–Crippen LogP) is 3.04. The number of ether oxygens (including phenoxy) is 1. The van der Waals surface area contributed by atoms with Gasteiger partial charge in [-0.2, -0.15) is 0 Å². The minimum absolute atomic E-state index is 0.165. The Morgan fingerprint density at radius 1 is 1.29 bits per heavy atom. The lowest BCUT2D eigenvalue weighted by Crippen LogP contribution is -2.29. The summed E-state index contributed by atoms with van der Waals surface area (Å²) in [7, 11) is 0. The number of halogens is 1. The Bertz CT molecular complexity index is 657. The first kappa shape index (κ1) is 15.4. The van der Waals surface area contributed by atoms with Crippen LogP contribution in [0.1, 0.15) is 33.0 Å². The Morgan fingerprint density at radius 3 is 2.48 bits per heavy atom. The first-order valence-corrected chi connectivity index (χ1v) is 6.80. The van der Waals surface area contributed by atoms with Crippen LogP contribution >= 0.6 is 11.6 Å². The summed E-state index contributed by atoms with van der Waals surface area (Å²) in [6, 6.07) is 5.32. The molecule has 0 fully saturated rings. The molecule has 0 radical (unpaired) electrons. The molecule has 0 saturated carbocycles. The molecule has 0 aliphatic carbocycles. The molecule has 1 heterocycles. The van der Waals surface area contributed by atoms with Gasteiger partial charge in [-0.3, -0.25) is 10.2 Å². The number of hydrazine groups is 1. The zero-order valence-corrected chi connectivity index (χ0v) is 12.9.